The van der Waals surface area contributed by atoms with Crippen molar-refractivity contribution in [1.29, 1.82) is 0 Å². The number of thiophene rings is 1. The molecular formula is C26H35FN2OS. The van der Waals surface area contributed by atoms with Crippen LogP contribution >= 0.6 is 11.3 Å². The number of hydrogen-bond donors (Lipinski definition) is 1. The van der Waals surface area contributed by atoms with Gasteiger partial charge in [-0.15, -0.1) is 11.3 Å². The van der Waals surface area contributed by atoms with Gasteiger partial charge >= 0.3 is 0 Å². The Balaban J connectivity index is 1.49. The average molecular weight is 443 g/mol. The minimum absolute atomic E-state index is 0.143. The van der Waals surface area contributed by atoms with E-state index in [0.717, 1.165) is 56.1 Å². The fraction of sp³-hybridized carbons (Fsp3) is 0.538. The number of aliphatic hydroxyl groups is 1. The van der Waals surface area contributed by atoms with Gasteiger partial charge in [-0.05, 0) is 81.9 Å². The smallest absolute Gasteiger partial charge is 0.123 e. The zero-order valence-corrected chi connectivity index (χ0v) is 19.8. The molecule has 31 heavy (non-hydrogen) atoms. The van der Waals surface area contributed by atoms with Gasteiger partial charge in [-0.2, -0.15) is 0 Å². The second-order valence-corrected chi connectivity index (χ2v) is 10.3. The lowest BCUT2D eigenvalue weighted by atomic mass is 9.97. The van der Waals surface area contributed by atoms with Crippen LogP contribution < -0.4 is 0 Å². The van der Waals surface area contributed by atoms with Crippen molar-refractivity contribution in [2.75, 3.05) is 32.7 Å². The van der Waals surface area contributed by atoms with Gasteiger partial charge in [-0.3, -0.25) is 4.90 Å². The van der Waals surface area contributed by atoms with Crippen LogP contribution in [-0.2, 0) is 13.0 Å². The Morgan fingerprint density at radius 3 is 2.87 bits per heavy atom. The summed E-state index contributed by atoms with van der Waals surface area (Å²) in [5, 5.41) is 9.79. The minimum Gasteiger partial charge on any atom is -0.378 e. The molecule has 1 saturated heterocycles. The van der Waals surface area contributed by atoms with Crippen LogP contribution in [0.3, 0.4) is 0 Å². The lowest BCUT2D eigenvalue weighted by molar-refractivity contribution is 0.133. The van der Waals surface area contributed by atoms with Crippen LogP contribution in [0.4, 0.5) is 4.39 Å². The van der Waals surface area contributed by atoms with Crippen molar-refractivity contribution < 1.29 is 9.50 Å². The first kappa shape index (κ1) is 23.9. The lowest BCUT2D eigenvalue weighted by Gasteiger charge is -2.35. The molecule has 1 aliphatic heterocycles. The van der Waals surface area contributed by atoms with E-state index < -0.39 is 5.60 Å². The molecule has 1 aromatic heterocycles. The van der Waals surface area contributed by atoms with Crippen LogP contribution in [0, 0.1) is 23.6 Å². The molecule has 0 spiro atoms. The van der Waals surface area contributed by atoms with Crippen molar-refractivity contribution in [1.82, 2.24) is 9.80 Å². The molecule has 0 saturated carbocycles. The van der Waals surface area contributed by atoms with Crippen LogP contribution in [0.15, 0.2) is 36.4 Å². The van der Waals surface area contributed by atoms with Gasteiger partial charge in [0.1, 0.15) is 11.4 Å². The van der Waals surface area contributed by atoms with Crippen LogP contribution in [0.2, 0.25) is 0 Å². The quantitative estimate of drug-likeness (QED) is 0.596. The van der Waals surface area contributed by atoms with Crippen LogP contribution in [0.1, 0.15) is 48.9 Å². The van der Waals surface area contributed by atoms with Gasteiger partial charge < -0.3 is 10.0 Å². The normalized spacial score (nSPS) is 17.5. The number of hydrogen-bond acceptors (Lipinski definition) is 4. The molecule has 1 atom stereocenters. The zero-order chi connectivity index (χ0) is 22.3. The molecule has 3 rings (SSSR count). The summed E-state index contributed by atoms with van der Waals surface area (Å²) in [5.74, 6) is 6.51. The topological polar surface area (TPSA) is 26.7 Å². The zero-order valence-electron chi connectivity index (χ0n) is 19.0. The van der Waals surface area contributed by atoms with E-state index >= 15 is 0 Å². The third-order valence-corrected chi connectivity index (χ3v) is 6.69. The summed E-state index contributed by atoms with van der Waals surface area (Å²) in [6.07, 6.45) is 3.42. The summed E-state index contributed by atoms with van der Waals surface area (Å²) in [4.78, 5) is 7.40. The Labute approximate surface area is 190 Å². The molecule has 5 heteroatoms. The molecule has 1 aromatic carbocycles. The van der Waals surface area contributed by atoms with Crippen LogP contribution in [0.25, 0.3) is 0 Å². The van der Waals surface area contributed by atoms with Crippen molar-refractivity contribution in [3.05, 3.63) is 57.5 Å². The Morgan fingerprint density at radius 2 is 2.13 bits per heavy atom. The van der Waals surface area contributed by atoms with Gasteiger partial charge in [0, 0.05) is 31.1 Å². The highest BCUT2D eigenvalue weighted by atomic mass is 32.1. The summed E-state index contributed by atoms with van der Waals surface area (Å²) in [7, 11) is 0. The molecular weight excluding hydrogens is 407 g/mol. The van der Waals surface area contributed by atoms with E-state index in [1.165, 1.54) is 23.8 Å². The van der Waals surface area contributed by atoms with Gasteiger partial charge in [0.2, 0.25) is 0 Å². The highest BCUT2D eigenvalue weighted by Crippen LogP contribution is 2.22. The first-order chi connectivity index (χ1) is 14.8. The first-order valence-corrected chi connectivity index (χ1v) is 12.2. The number of nitrogens with zero attached hydrogens (tertiary/aromatic N) is 2. The fourth-order valence-electron chi connectivity index (χ4n) is 4.12. The highest BCUT2D eigenvalue weighted by molar-refractivity contribution is 7.12. The number of benzene rings is 1. The van der Waals surface area contributed by atoms with Crippen LogP contribution in [-0.4, -0.2) is 53.2 Å². The number of likely N-dealkylation sites (tertiary alicyclic amines) is 1. The molecule has 2 heterocycles. The molecule has 0 bridgehead atoms. The summed E-state index contributed by atoms with van der Waals surface area (Å²) in [5.41, 5.74) is 0.125. The highest BCUT2D eigenvalue weighted by Gasteiger charge is 2.22. The van der Waals surface area contributed by atoms with Gasteiger partial charge in [0.05, 0.1) is 4.88 Å². The summed E-state index contributed by atoms with van der Waals surface area (Å²) >= 11 is 1.72. The average Bonchev–Trinajstić information content (AvgIpc) is 3.18. The predicted octanol–water partition coefficient (Wildman–Crippen LogP) is 4.79. The van der Waals surface area contributed by atoms with E-state index in [0.29, 0.717) is 5.92 Å². The Kier molecular flexibility index (Phi) is 8.68. The van der Waals surface area contributed by atoms with E-state index in [4.69, 9.17) is 0 Å². The first-order valence-electron chi connectivity index (χ1n) is 11.3. The van der Waals surface area contributed by atoms with Crippen molar-refractivity contribution in [2.45, 2.75) is 52.2 Å². The molecule has 168 valence electrons. The van der Waals surface area contributed by atoms with Gasteiger partial charge in [-0.25, -0.2) is 4.39 Å². The van der Waals surface area contributed by atoms with E-state index in [1.807, 2.05) is 6.07 Å². The van der Waals surface area contributed by atoms with E-state index in [1.54, 1.807) is 37.3 Å². The third-order valence-electron chi connectivity index (χ3n) is 5.71. The third kappa shape index (κ3) is 8.38. The largest absolute Gasteiger partial charge is 0.378 e. The van der Waals surface area contributed by atoms with Crippen molar-refractivity contribution in [3.63, 3.8) is 0 Å². The van der Waals surface area contributed by atoms with E-state index in [-0.39, 0.29) is 5.82 Å². The van der Waals surface area contributed by atoms with Gasteiger partial charge in [0.15, 0.2) is 0 Å². The van der Waals surface area contributed by atoms with Crippen molar-refractivity contribution >= 4 is 11.3 Å². The maximum atomic E-state index is 13.4. The molecule has 1 fully saturated rings. The Morgan fingerprint density at radius 1 is 1.29 bits per heavy atom. The molecule has 0 amide bonds. The molecule has 1 N–H and O–H groups in total. The summed E-state index contributed by atoms with van der Waals surface area (Å²) < 4.78 is 13.4. The Bertz CT molecular complexity index is 893. The molecule has 0 unspecified atom stereocenters. The SMILES string of the molecule is CCN(Cc1ccc(C#CC(C)(C)O)s1)C[C@H]1CCCN(CCc2cccc(F)c2)C1. The minimum atomic E-state index is -0.957. The second-order valence-electron chi connectivity index (χ2n) is 9.09. The van der Waals surface area contributed by atoms with E-state index in [9.17, 15) is 9.50 Å². The fourth-order valence-corrected chi connectivity index (χ4v) is 5.02. The predicted molar refractivity (Wildman–Crippen MR) is 128 cm³/mol. The van der Waals surface area contributed by atoms with Crippen LogP contribution in [0.5, 0.6) is 0 Å². The van der Waals surface area contributed by atoms with Gasteiger partial charge in [-0.1, -0.05) is 30.9 Å². The number of halogens is 1. The maximum Gasteiger partial charge on any atom is 0.123 e. The monoisotopic (exact) mass is 442 g/mol. The summed E-state index contributed by atoms with van der Waals surface area (Å²) in [6.45, 7) is 12.0. The number of rotatable bonds is 8. The lowest BCUT2D eigenvalue weighted by Crippen LogP contribution is -2.41. The molecule has 0 aliphatic carbocycles. The Hall–Kier alpha value is -1.71. The maximum absolute atomic E-state index is 13.4. The second kappa shape index (κ2) is 11.2. The van der Waals surface area contributed by atoms with Crippen molar-refractivity contribution in [3.8, 4) is 11.8 Å². The van der Waals surface area contributed by atoms with E-state index in [2.05, 4.69) is 40.7 Å². The summed E-state index contributed by atoms with van der Waals surface area (Å²) in [6, 6.07) is 11.2. The molecule has 3 nitrogen and oxygen atoms in total. The standard InChI is InChI=1S/C26H35FN2OS/c1-4-28(20-25-11-10-24(31-25)12-14-26(2,3)30)18-22-8-6-15-29(19-22)16-13-21-7-5-9-23(27)17-21/h5,7,9-11,17,22,30H,4,6,8,13,15-16,18-20H2,1-3H3/t22-/m1/s1. The molecule has 2 aromatic rings. The molecule has 0 radical (unpaired) electrons. The van der Waals surface area contributed by atoms with Gasteiger partial charge in [0.25, 0.3) is 0 Å². The molecule has 1 aliphatic rings. The van der Waals surface area contributed by atoms with Crippen molar-refractivity contribution in [2.24, 2.45) is 5.92 Å². The number of piperidine rings is 1.